The Kier molecular flexibility index (Phi) is 6.92. The third-order valence-electron chi connectivity index (χ3n) is 3.24. The number of rotatable bonds is 7. The number of ether oxygens (including phenoxy) is 2. The fraction of sp³-hybridized carbons (Fsp3) is 0.529. The Labute approximate surface area is 126 Å². The van der Waals surface area contributed by atoms with Crippen LogP contribution in [0.5, 0.6) is 0 Å². The summed E-state index contributed by atoms with van der Waals surface area (Å²) in [5.74, 6) is -1.24. The molecule has 0 saturated heterocycles. The standard InChI is InChI=1S/C17H24O4/c1-5-6-8-15-9-7-10-16(11-15)12(2)17(19)21-14(4)20-13(3)18/h7,9-12,14H,5-6,8H2,1-4H3. The Morgan fingerprint density at radius 3 is 2.52 bits per heavy atom. The summed E-state index contributed by atoms with van der Waals surface area (Å²) < 4.78 is 9.92. The lowest BCUT2D eigenvalue weighted by Crippen LogP contribution is -2.23. The van der Waals surface area contributed by atoms with Crippen molar-refractivity contribution in [3.8, 4) is 0 Å². The predicted molar refractivity (Wildman–Crippen MR) is 80.8 cm³/mol. The van der Waals surface area contributed by atoms with Crippen molar-refractivity contribution in [2.45, 2.75) is 59.2 Å². The number of esters is 2. The predicted octanol–water partition coefficient (Wildman–Crippen LogP) is 3.59. The van der Waals surface area contributed by atoms with Crippen LogP contribution in [0.25, 0.3) is 0 Å². The van der Waals surface area contributed by atoms with Gasteiger partial charge < -0.3 is 9.47 Å². The lowest BCUT2D eigenvalue weighted by atomic mass is 9.97. The van der Waals surface area contributed by atoms with Crippen molar-refractivity contribution in [1.82, 2.24) is 0 Å². The summed E-state index contributed by atoms with van der Waals surface area (Å²) in [5, 5.41) is 0. The average molecular weight is 292 g/mol. The number of carbonyl (C=O) groups excluding carboxylic acids is 2. The van der Waals surface area contributed by atoms with Gasteiger partial charge in [0.05, 0.1) is 5.92 Å². The van der Waals surface area contributed by atoms with Gasteiger partial charge in [-0.15, -0.1) is 0 Å². The molecule has 0 bridgehead atoms. The van der Waals surface area contributed by atoms with Crippen LogP contribution in [0.15, 0.2) is 24.3 Å². The summed E-state index contributed by atoms with van der Waals surface area (Å²) in [7, 11) is 0. The van der Waals surface area contributed by atoms with Gasteiger partial charge in [-0.3, -0.25) is 9.59 Å². The van der Waals surface area contributed by atoms with E-state index in [0.29, 0.717) is 0 Å². The Morgan fingerprint density at radius 1 is 1.19 bits per heavy atom. The van der Waals surface area contributed by atoms with Gasteiger partial charge in [0.25, 0.3) is 0 Å². The fourth-order valence-electron chi connectivity index (χ4n) is 2.06. The van der Waals surface area contributed by atoms with E-state index >= 15 is 0 Å². The molecule has 4 nitrogen and oxygen atoms in total. The zero-order valence-corrected chi connectivity index (χ0v) is 13.2. The zero-order valence-electron chi connectivity index (χ0n) is 13.2. The Hall–Kier alpha value is -1.84. The molecule has 0 saturated carbocycles. The number of unbranched alkanes of at least 4 members (excludes halogenated alkanes) is 1. The summed E-state index contributed by atoms with van der Waals surface area (Å²) in [6, 6.07) is 7.98. The van der Waals surface area contributed by atoms with E-state index in [1.807, 2.05) is 18.2 Å². The summed E-state index contributed by atoms with van der Waals surface area (Å²) >= 11 is 0. The molecule has 2 atom stereocenters. The van der Waals surface area contributed by atoms with Gasteiger partial charge in [-0.1, -0.05) is 37.6 Å². The molecular weight excluding hydrogens is 268 g/mol. The van der Waals surface area contributed by atoms with E-state index in [4.69, 9.17) is 9.47 Å². The van der Waals surface area contributed by atoms with Gasteiger partial charge in [0, 0.05) is 13.8 Å². The van der Waals surface area contributed by atoms with Crippen LogP contribution < -0.4 is 0 Å². The van der Waals surface area contributed by atoms with E-state index in [2.05, 4.69) is 13.0 Å². The highest BCUT2D eigenvalue weighted by Crippen LogP contribution is 2.20. The highest BCUT2D eigenvalue weighted by molar-refractivity contribution is 5.78. The van der Waals surface area contributed by atoms with E-state index in [1.165, 1.54) is 19.4 Å². The molecule has 0 radical (unpaired) electrons. The maximum Gasteiger partial charge on any atom is 0.316 e. The van der Waals surface area contributed by atoms with E-state index in [9.17, 15) is 9.59 Å². The second kappa shape index (κ2) is 8.45. The van der Waals surface area contributed by atoms with E-state index in [0.717, 1.165) is 24.8 Å². The monoisotopic (exact) mass is 292 g/mol. The van der Waals surface area contributed by atoms with Crippen LogP contribution in [0.2, 0.25) is 0 Å². The number of hydrogen-bond donors (Lipinski definition) is 0. The SMILES string of the molecule is CCCCc1cccc(C(C)C(=O)OC(C)OC(C)=O)c1. The molecule has 0 aliphatic rings. The van der Waals surface area contributed by atoms with Gasteiger partial charge in [0.15, 0.2) is 0 Å². The third kappa shape index (κ3) is 5.98. The normalized spacial score (nSPS) is 13.3. The van der Waals surface area contributed by atoms with Crippen LogP contribution in [-0.4, -0.2) is 18.2 Å². The van der Waals surface area contributed by atoms with Crippen LogP contribution >= 0.6 is 0 Å². The van der Waals surface area contributed by atoms with Crippen LogP contribution in [0, 0.1) is 0 Å². The van der Waals surface area contributed by atoms with Gasteiger partial charge >= 0.3 is 11.9 Å². The molecule has 116 valence electrons. The first-order valence-corrected chi connectivity index (χ1v) is 7.40. The summed E-state index contributed by atoms with van der Waals surface area (Å²) in [6.07, 6.45) is 2.42. The smallest absolute Gasteiger partial charge is 0.316 e. The van der Waals surface area contributed by atoms with Crippen molar-refractivity contribution in [3.63, 3.8) is 0 Å². The average Bonchev–Trinajstić information content (AvgIpc) is 2.43. The third-order valence-corrected chi connectivity index (χ3v) is 3.24. The highest BCUT2D eigenvalue weighted by atomic mass is 16.7. The van der Waals surface area contributed by atoms with Crippen molar-refractivity contribution in [1.29, 1.82) is 0 Å². The first kappa shape index (κ1) is 17.2. The van der Waals surface area contributed by atoms with Crippen molar-refractivity contribution >= 4 is 11.9 Å². The van der Waals surface area contributed by atoms with Crippen molar-refractivity contribution < 1.29 is 19.1 Å². The van der Waals surface area contributed by atoms with E-state index in [1.54, 1.807) is 6.92 Å². The van der Waals surface area contributed by atoms with E-state index < -0.39 is 18.2 Å². The maximum absolute atomic E-state index is 12.0. The quantitative estimate of drug-likeness (QED) is 0.569. The minimum Gasteiger partial charge on any atom is -0.426 e. The van der Waals surface area contributed by atoms with Crippen molar-refractivity contribution in [2.75, 3.05) is 0 Å². The first-order chi connectivity index (χ1) is 9.93. The van der Waals surface area contributed by atoms with Crippen molar-refractivity contribution in [2.24, 2.45) is 0 Å². The molecule has 0 aliphatic carbocycles. The molecule has 21 heavy (non-hydrogen) atoms. The number of carbonyl (C=O) groups is 2. The summed E-state index contributed by atoms with van der Waals surface area (Å²) in [4.78, 5) is 22.9. The molecule has 0 aliphatic heterocycles. The largest absolute Gasteiger partial charge is 0.426 e. The molecule has 0 N–H and O–H groups in total. The molecule has 4 heteroatoms. The van der Waals surface area contributed by atoms with Gasteiger partial charge in [-0.25, -0.2) is 0 Å². The second-order valence-corrected chi connectivity index (χ2v) is 5.18. The molecular formula is C17H24O4. The van der Waals surface area contributed by atoms with Crippen LogP contribution in [0.4, 0.5) is 0 Å². The molecule has 0 aromatic heterocycles. The molecule has 1 aromatic rings. The van der Waals surface area contributed by atoms with Crippen LogP contribution in [0.3, 0.4) is 0 Å². The van der Waals surface area contributed by atoms with Gasteiger partial charge in [0.2, 0.25) is 6.29 Å². The number of aryl methyl sites for hydroxylation is 1. The Balaban J connectivity index is 2.66. The van der Waals surface area contributed by atoms with Gasteiger partial charge in [-0.2, -0.15) is 0 Å². The first-order valence-electron chi connectivity index (χ1n) is 7.40. The minimum absolute atomic E-state index is 0.385. The fourth-order valence-corrected chi connectivity index (χ4v) is 2.06. The molecule has 0 heterocycles. The molecule has 0 fully saturated rings. The van der Waals surface area contributed by atoms with Crippen LogP contribution in [0.1, 0.15) is 57.6 Å². The second-order valence-electron chi connectivity index (χ2n) is 5.18. The Morgan fingerprint density at radius 2 is 1.90 bits per heavy atom. The molecule has 0 spiro atoms. The number of hydrogen-bond acceptors (Lipinski definition) is 4. The van der Waals surface area contributed by atoms with Gasteiger partial charge in [0.1, 0.15) is 0 Å². The summed E-state index contributed by atoms with van der Waals surface area (Å²) in [5.41, 5.74) is 2.14. The van der Waals surface area contributed by atoms with Gasteiger partial charge in [-0.05, 0) is 30.9 Å². The van der Waals surface area contributed by atoms with Crippen molar-refractivity contribution in [3.05, 3.63) is 35.4 Å². The highest BCUT2D eigenvalue weighted by Gasteiger charge is 2.20. The zero-order chi connectivity index (χ0) is 15.8. The summed E-state index contributed by atoms with van der Waals surface area (Å²) in [6.45, 7) is 6.76. The Bertz CT molecular complexity index is 481. The van der Waals surface area contributed by atoms with E-state index in [-0.39, 0.29) is 5.92 Å². The molecule has 0 amide bonds. The maximum atomic E-state index is 12.0. The molecule has 1 aromatic carbocycles. The van der Waals surface area contributed by atoms with Crippen LogP contribution in [-0.2, 0) is 25.5 Å². The topological polar surface area (TPSA) is 52.6 Å². The minimum atomic E-state index is -0.860. The molecule has 1 rings (SSSR count). The lowest BCUT2D eigenvalue weighted by molar-refractivity contribution is -0.183. The molecule has 2 unspecified atom stereocenters. The lowest BCUT2D eigenvalue weighted by Gasteiger charge is -2.17. The number of benzene rings is 1.